The maximum Gasteiger partial charge on any atom is 0.254 e. The number of nitrogens with one attached hydrogen (secondary N) is 3. The number of sulfonamides is 1. The van der Waals surface area contributed by atoms with E-state index in [1.807, 2.05) is 6.92 Å². The van der Waals surface area contributed by atoms with Crippen LogP contribution in [0.15, 0.2) is 83.2 Å². The van der Waals surface area contributed by atoms with Crippen LogP contribution in [0.5, 0.6) is 0 Å². The second-order valence-corrected chi connectivity index (χ2v) is 14.8. The van der Waals surface area contributed by atoms with Gasteiger partial charge in [0.05, 0.1) is 22.6 Å². The molecule has 0 aliphatic heterocycles. The highest BCUT2D eigenvalue weighted by atomic mass is 32.2. The van der Waals surface area contributed by atoms with E-state index in [1.165, 1.54) is 43.2 Å². The number of rotatable bonds is 14. The van der Waals surface area contributed by atoms with E-state index >= 15 is 8.78 Å². The molecule has 1 heterocycles. The van der Waals surface area contributed by atoms with Gasteiger partial charge >= 0.3 is 0 Å². The van der Waals surface area contributed by atoms with Gasteiger partial charge < -0.3 is 20.3 Å². The third-order valence-corrected chi connectivity index (χ3v) is 9.19. The van der Waals surface area contributed by atoms with Crippen molar-refractivity contribution < 1.29 is 36.4 Å². The number of hydrogen-bond donors (Lipinski definition) is 3. The van der Waals surface area contributed by atoms with Gasteiger partial charge in [0.2, 0.25) is 21.8 Å². The summed E-state index contributed by atoms with van der Waals surface area (Å²) in [4.78, 5) is 57.7. The van der Waals surface area contributed by atoms with Gasteiger partial charge in [-0.1, -0.05) is 40.3 Å². The summed E-state index contributed by atoms with van der Waals surface area (Å²) >= 11 is 0. The lowest BCUT2D eigenvalue weighted by Crippen LogP contribution is -2.44. The van der Waals surface area contributed by atoms with Crippen LogP contribution in [-0.2, 0) is 35.6 Å². The van der Waals surface area contributed by atoms with Crippen LogP contribution in [0.2, 0.25) is 0 Å². The van der Waals surface area contributed by atoms with Gasteiger partial charge in [0.1, 0.15) is 29.0 Å². The number of halogens is 2. The van der Waals surface area contributed by atoms with Crippen LogP contribution < -0.4 is 20.3 Å². The number of hydrogen-bond acceptors (Lipinski definition) is 8. The molecule has 2 aromatic rings. The molecule has 0 saturated carbocycles. The van der Waals surface area contributed by atoms with Crippen molar-refractivity contribution in [1.82, 2.24) is 19.9 Å². The van der Waals surface area contributed by atoms with Crippen molar-refractivity contribution >= 4 is 52.8 Å². The molecule has 1 aliphatic rings. The van der Waals surface area contributed by atoms with Gasteiger partial charge in [-0.15, -0.1) is 0 Å². The molecule has 268 valence electrons. The molecule has 1 aromatic carbocycles. The Hall–Kier alpha value is -4.70. The lowest BCUT2D eigenvalue weighted by Gasteiger charge is -2.28. The Labute approximate surface area is 292 Å². The number of pyridine rings is 1. The van der Waals surface area contributed by atoms with E-state index in [4.69, 9.17) is 0 Å². The summed E-state index contributed by atoms with van der Waals surface area (Å²) in [5.74, 6) is -2.99. The number of aromatic nitrogens is 1. The Morgan fingerprint density at radius 3 is 2.24 bits per heavy atom. The highest BCUT2D eigenvalue weighted by molar-refractivity contribution is 7.89. The van der Waals surface area contributed by atoms with Gasteiger partial charge in [-0.2, -0.15) is 0 Å². The van der Waals surface area contributed by atoms with E-state index in [1.54, 1.807) is 51.9 Å². The van der Waals surface area contributed by atoms with Gasteiger partial charge in [-0.25, -0.2) is 26.9 Å². The minimum atomic E-state index is -4.33. The monoisotopic (exact) mass is 712 g/mol. The van der Waals surface area contributed by atoms with Crippen molar-refractivity contribution in [3.63, 3.8) is 0 Å². The maximum atomic E-state index is 15.2. The molecule has 16 heteroatoms. The molecule has 1 aromatic heterocycles. The first-order chi connectivity index (χ1) is 23.2. The molecule has 3 N–H and O–H groups in total. The van der Waals surface area contributed by atoms with Crippen molar-refractivity contribution in [2.45, 2.75) is 70.4 Å². The summed E-state index contributed by atoms with van der Waals surface area (Å²) < 4.78 is 58.4. The zero-order valence-corrected chi connectivity index (χ0v) is 30.1. The van der Waals surface area contributed by atoms with E-state index < -0.39 is 62.8 Å². The number of nitrogens with zero attached hydrogens (tertiary/aromatic N) is 3. The largest absolute Gasteiger partial charge is 0.364 e. The molecule has 0 saturated heterocycles. The van der Waals surface area contributed by atoms with Crippen molar-refractivity contribution in [1.29, 1.82) is 0 Å². The Kier molecular flexibility index (Phi) is 13.0. The summed E-state index contributed by atoms with van der Waals surface area (Å²) in [5.41, 5.74) is -0.940. The number of carbonyl (C=O) groups is 4. The highest BCUT2D eigenvalue weighted by Crippen LogP contribution is 2.29. The molecular weight excluding hydrogens is 669 g/mol. The first kappa shape index (κ1) is 39.7. The molecule has 0 bridgehead atoms. The zero-order chi connectivity index (χ0) is 37.6. The fourth-order valence-electron chi connectivity index (χ4n) is 4.65. The summed E-state index contributed by atoms with van der Waals surface area (Å²) in [7, 11) is 0.385. The Morgan fingerprint density at radius 2 is 1.72 bits per heavy atom. The molecule has 50 heavy (non-hydrogen) atoms. The van der Waals surface area contributed by atoms with Gasteiger partial charge in [0.25, 0.3) is 5.91 Å². The summed E-state index contributed by atoms with van der Waals surface area (Å²) in [6.45, 7) is 11.0. The minimum absolute atomic E-state index is 0.0336. The van der Waals surface area contributed by atoms with E-state index in [0.717, 1.165) is 0 Å². The molecule has 0 spiro atoms. The first-order valence-corrected chi connectivity index (χ1v) is 17.4. The number of amides is 3. The predicted molar refractivity (Wildman–Crippen MR) is 189 cm³/mol. The van der Waals surface area contributed by atoms with Crippen molar-refractivity contribution in [3.8, 4) is 0 Å². The van der Waals surface area contributed by atoms with Gasteiger partial charge in [0.15, 0.2) is 7.85 Å². The molecule has 12 nitrogen and oxygen atoms in total. The Balaban J connectivity index is 1.70. The minimum Gasteiger partial charge on any atom is -0.364 e. The van der Waals surface area contributed by atoms with Gasteiger partial charge in [-0.05, 0) is 48.4 Å². The molecule has 0 fully saturated rings. The van der Waals surface area contributed by atoms with Crippen molar-refractivity contribution in [3.05, 3.63) is 83.9 Å². The van der Waals surface area contributed by atoms with E-state index in [-0.39, 0.29) is 29.6 Å². The van der Waals surface area contributed by atoms with Crippen LogP contribution in [0.1, 0.15) is 52.5 Å². The van der Waals surface area contributed by atoms with E-state index in [2.05, 4.69) is 26.9 Å². The predicted octanol–water partition coefficient (Wildman–Crippen LogP) is 3.25. The fraction of sp³-hybridized carbons (Fsp3) is 0.382. The van der Waals surface area contributed by atoms with Gasteiger partial charge in [-0.3, -0.25) is 19.3 Å². The van der Waals surface area contributed by atoms with E-state index in [9.17, 15) is 27.6 Å². The standard InChI is InChI=1S/C34H43BF2N6O6S/c1-8-9-30(44)43(20(2)42(6)7)29-15-10-21(19-38-29)16-28(31(35)45)40-32(46)24-17-26(37)27(18-25(24)36)41-50(48,49)23-13-11-22(12-14-23)39-33(47)34(3,4)5/h10-15,17,19,27-28,41H,2,8-9,16,18,35H2,1,3-7H3,(H,39,47)(H,40,46)/t27?,28-/m0/s1. The van der Waals surface area contributed by atoms with Crippen LogP contribution in [-0.4, -0.2) is 75.7 Å². The average Bonchev–Trinajstić information content (AvgIpc) is 3.02. The van der Waals surface area contributed by atoms with Crippen LogP contribution in [0.25, 0.3) is 0 Å². The van der Waals surface area contributed by atoms with Gasteiger partial charge in [0, 0.05) is 50.7 Å². The first-order valence-electron chi connectivity index (χ1n) is 15.9. The fourth-order valence-corrected chi connectivity index (χ4v) is 5.85. The number of anilines is 2. The summed E-state index contributed by atoms with van der Waals surface area (Å²) in [6, 6.07) is 5.62. The lowest BCUT2D eigenvalue weighted by atomic mass is 9.90. The highest BCUT2D eigenvalue weighted by Gasteiger charge is 2.32. The molecule has 3 amide bonds. The number of benzene rings is 1. The topological polar surface area (TPSA) is 158 Å². The van der Waals surface area contributed by atoms with Crippen LogP contribution >= 0.6 is 0 Å². The average molecular weight is 713 g/mol. The maximum absolute atomic E-state index is 15.2. The molecule has 3 rings (SSSR count). The second-order valence-electron chi connectivity index (χ2n) is 13.1. The van der Waals surface area contributed by atoms with Crippen molar-refractivity contribution in [2.75, 3.05) is 24.3 Å². The van der Waals surface area contributed by atoms with E-state index in [0.29, 0.717) is 35.4 Å². The third-order valence-electron chi connectivity index (χ3n) is 7.70. The quantitative estimate of drug-likeness (QED) is 0.252. The molecular formula is C34H43BF2N6O6S. The molecule has 1 aliphatic carbocycles. The second kappa shape index (κ2) is 16.3. The molecule has 0 radical (unpaired) electrons. The third kappa shape index (κ3) is 10.2. The van der Waals surface area contributed by atoms with Crippen LogP contribution in [0, 0.1) is 5.41 Å². The lowest BCUT2D eigenvalue weighted by molar-refractivity contribution is -0.123. The normalized spacial score (nSPS) is 15.4. The van der Waals surface area contributed by atoms with Crippen LogP contribution in [0.3, 0.4) is 0 Å². The van der Waals surface area contributed by atoms with Crippen molar-refractivity contribution in [2.24, 2.45) is 5.41 Å². The SMILES string of the molecule is BC(=O)[C@H](Cc1ccc(N(C(=C)N(C)C)C(=O)CCC)nc1)NC(=O)C1=C(F)CC(NS(=O)(=O)c2ccc(NC(=O)C(C)(C)C)cc2)C(F)=C1. The summed E-state index contributed by atoms with van der Waals surface area (Å²) in [5, 5.41) is 5.09. The smallest absolute Gasteiger partial charge is 0.254 e. The molecule has 2 atom stereocenters. The van der Waals surface area contributed by atoms with Crippen LogP contribution in [0.4, 0.5) is 20.3 Å². The summed E-state index contributed by atoms with van der Waals surface area (Å²) in [6.07, 6.45) is 2.12. The molecule has 1 unspecified atom stereocenters. The Bertz CT molecular complexity index is 1810. The zero-order valence-electron chi connectivity index (χ0n) is 29.3. The Morgan fingerprint density at radius 1 is 1.08 bits per heavy atom. The number of carbonyl (C=O) groups excluding carboxylic acids is 4.